The van der Waals surface area contributed by atoms with Gasteiger partial charge < -0.3 is 9.88 Å². The first-order valence-electron chi connectivity index (χ1n) is 14.8. The quantitative estimate of drug-likeness (QED) is 0.158. The molecule has 6 rings (SSSR count). The minimum Gasteiger partial charge on any atom is -0.367 e. The molecule has 5 heterocycles. The van der Waals surface area contributed by atoms with Crippen LogP contribution in [0.15, 0.2) is 48.6 Å². The molecule has 9 nitrogen and oxygen atoms in total. The van der Waals surface area contributed by atoms with Crippen molar-refractivity contribution in [1.29, 1.82) is 5.26 Å². The van der Waals surface area contributed by atoms with Crippen molar-refractivity contribution < 1.29 is 18.0 Å². The summed E-state index contributed by atoms with van der Waals surface area (Å²) in [5.74, 6) is 0.282. The Kier molecular flexibility index (Phi) is 9.08. The van der Waals surface area contributed by atoms with E-state index in [-0.39, 0.29) is 16.8 Å². The molecule has 0 unspecified atom stereocenters. The van der Waals surface area contributed by atoms with E-state index < -0.39 is 12.6 Å². The molecule has 0 bridgehead atoms. The molecule has 2 N–H and O–H groups in total. The van der Waals surface area contributed by atoms with Gasteiger partial charge in [-0.25, -0.2) is 15.0 Å². The minimum absolute atomic E-state index is 0.156. The zero-order valence-corrected chi connectivity index (χ0v) is 26.7. The number of hydrogen-bond acceptors (Lipinski definition) is 9. The number of piperidine rings is 1. The maximum Gasteiger partial charge on any atom is 0.393 e. The fourth-order valence-corrected chi connectivity index (χ4v) is 7.64. The second-order valence-electron chi connectivity index (χ2n) is 11.3. The van der Waals surface area contributed by atoms with Gasteiger partial charge in [-0.3, -0.25) is 15.0 Å². The summed E-state index contributed by atoms with van der Waals surface area (Å²) in [6.45, 7) is 8.64. The standard InChI is InChI=1S/C32H31F3N8OS2/c1-3-28(44)41-31-40-22(17-45-31)8-11-43-23(15-36)12-25-19(2)20(4-5-27(25)43)16-42-9-6-21(7-10-42)39-29-26-13-24(14-32(33,34)35)46-30(26)38-18-37-29/h3-5,12-13,17-18,21H,1,6-11,14,16H2,2H3,(H,37,38,39)(H,40,41,44). The summed E-state index contributed by atoms with van der Waals surface area (Å²) in [6, 6.07) is 10.2. The molecular weight excluding hydrogens is 634 g/mol. The van der Waals surface area contributed by atoms with Crippen molar-refractivity contribution in [2.24, 2.45) is 0 Å². The lowest BCUT2D eigenvalue weighted by Crippen LogP contribution is -2.39. The molecule has 4 aromatic heterocycles. The summed E-state index contributed by atoms with van der Waals surface area (Å²) in [4.78, 5) is 27.7. The Morgan fingerprint density at radius 2 is 2.02 bits per heavy atom. The third-order valence-corrected chi connectivity index (χ3v) is 10.1. The Labute approximate surface area is 271 Å². The number of nitrogens with zero attached hydrogens (tertiary/aromatic N) is 6. The van der Waals surface area contributed by atoms with Crippen LogP contribution in [0.5, 0.6) is 0 Å². The molecule has 1 aliphatic heterocycles. The number of benzene rings is 1. The number of thiophene rings is 1. The van der Waals surface area contributed by atoms with Gasteiger partial charge >= 0.3 is 6.18 Å². The number of hydrogen-bond donors (Lipinski definition) is 2. The van der Waals surface area contributed by atoms with Gasteiger partial charge in [0.05, 0.1) is 17.5 Å². The average molecular weight is 665 g/mol. The Bertz CT molecular complexity index is 1950. The number of carbonyl (C=O) groups is 1. The van der Waals surface area contributed by atoms with E-state index in [2.05, 4.69) is 62.2 Å². The fourth-order valence-electron chi connectivity index (χ4n) is 5.86. The summed E-state index contributed by atoms with van der Waals surface area (Å²) in [5, 5.41) is 20.1. The Morgan fingerprint density at radius 1 is 1.22 bits per heavy atom. The largest absolute Gasteiger partial charge is 0.393 e. The Morgan fingerprint density at radius 3 is 2.76 bits per heavy atom. The molecule has 0 radical (unpaired) electrons. The van der Waals surface area contributed by atoms with Gasteiger partial charge in [0.15, 0.2) is 5.13 Å². The highest BCUT2D eigenvalue weighted by Gasteiger charge is 2.29. The number of likely N-dealkylation sites (tertiary alicyclic amines) is 1. The van der Waals surface area contributed by atoms with Crippen molar-refractivity contribution in [3.63, 3.8) is 0 Å². The maximum absolute atomic E-state index is 12.9. The van der Waals surface area contributed by atoms with Gasteiger partial charge in [0.1, 0.15) is 28.7 Å². The number of amides is 1. The second-order valence-corrected chi connectivity index (χ2v) is 13.3. The van der Waals surface area contributed by atoms with E-state index in [4.69, 9.17) is 0 Å². The summed E-state index contributed by atoms with van der Waals surface area (Å²) in [7, 11) is 0. The molecule has 1 aromatic carbocycles. The number of anilines is 2. The van der Waals surface area contributed by atoms with E-state index in [1.807, 2.05) is 16.0 Å². The molecule has 5 aromatic rings. The van der Waals surface area contributed by atoms with Crippen molar-refractivity contribution in [2.75, 3.05) is 23.7 Å². The van der Waals surface area contributed by atoms with Crippen LogP contribution in [0, 0.1) is 18.3 Å². The lowest BCUT2D eigenvalue weighted by Gasteiger charge is -2.33. The van der Waals surface area contributed by atoms with Crippen molar-refractivity contribution in [1.82, 2.24) is 24.4 Å². The highest BCUT2D eigenvalue weighted by Crippen LogP contribution is 2.33. The van der Waals surface area contributed by atoms with Crippen LogP contribution in [-0.2, 0) is 30.7 Å². The molecule has 0 spiro atoms. The fraction of sp³-hybridized carbons (Fsp3) is 0.344. The van der Waals surface area contributed by atoms with E-state index >= 15 is 0 Å². The first kappa shape index (κ1) is 31.7. The molecular formula is C32H31F3N8OS2. The number of nitriles is 1. The van der Waals surface area contributed by atoms with Gasteiger partial charge in [0, 0.05) is 59.8 Å². The van der Waals surface area contributed by atoms with E-state index in [1.165, 1.54) is 29.3 Å². The monoisotopic (exact) mass is 664 g/mol. The van der Waals surface area contributed by atoms with Crippen molar-refractivity contribution in [2.45, 2.75) is 57.9 Å². The van der Waals surface area contributed by atoms with E-state index in [0.717, 1.165) is 66.0 Å². The van der Waals surface area contributed by atoms with E-state index in [0.29, 0.717) is 39.8 Å². The van der Waals surface area contributed by atoms with Crippen LogP contribution in [0.25, 0.3) is 21.1 Å². The minimum atomic E-state index is -4.26. The SMILES string of the molecule is C=CC(=O)Nc1nc(CCn2c(C#N)cc3c(C)c(CN4CCC(Nc5ncnc6sc(CC(F)(F)F)cc56)CC4)ccc32)cs1. The molecule has 1 saturated heterocycles. The zero-order valence-electron chi connectivity index (χ0n) is 25.0. The predicted octanol–water partition coefficient (Wildman–Crippen LogP) is 6.83. The Hall–Kier alpha value is -4.32. The molecule has 0 saturated carbocycles. The van der Waals surface area contributed by atoms with Gasteiger partial charge in [-0.2, -0.15) is 18.4 Å². The van der Waals surface area contributed by atoms with Crippen molar-refractivity contribution in [3.8, 4) is 6.07 Å². The lowest BCUT2D eigenvalue weighted by molar-refractivity contribution is -0.126. The van der Waals surface area contributed by atoms with Gasteiger partial charge in [-0.15, -0.1) is 22.7 Å². The van der Waals surface area contributed by atoms with Crippen molar-refractivity contribution in [3.05, 3.63) is 76.0 Å². The van der Waals surface area contributed by atoms with Crippen LogP contribution in [-0.4, -0.2) is 55.6 Å². The number of rotatable bonds is 10. The van der Waals surface area contributed by atoms with Gasteiger partial charge in [-0.1, -0.05) is 12.6 Å². The number of aryl methyl sites for hydroxylation is 3. The number of nitrogens with one attached hydrogen (secondary N) is 2. The van der Waals surface area contributed by atoms with E-state index in [1.54, 1.807) is 6.07 Å². The first-order chi connectivity index (χ1) is 22.1. The van der Waals surface area contributed by atoms with Crippen LogP contribution in [0.4, 0.5) is 24.1 Å². The smallest absolute Gasteiger partial charge is 0.367 e. The number of alkyl halides is 3. The Balaban J connectivity index is 1.08. The third-order valence-electron chi connectivity index (χ3n) is 8.22. The van der Waals surface area contributed by atoms with Gasteiger partial charge in [0.2, 0.25) is 5.91 Å². The number of aromatic nitrogens is 4. The van der Waals surface area contributed by atoms with Crippen LogP contribution < -0.4 is 10.6 Å². The number of carbonyl (C=O) groups excluding carboxylic acids is 1. The van der Waals surface area contributed by atoms with Crippen LogP contribution >= 0.6 is 22.7 Å². The number of fused-ring (bicyclic) bond motifs is 2. The lowest BCUT2D eigenvalue weighted by atomic mass is 10.0. The second kappa shape index (κ2) is 13.2. The van der Waals surface area contributed by atoms with Gasteiger partial charge in [-0.05, 0) is 55.2 Å². The zero-order chi connectivity index (χ0) is 32.4. The van der Waals surface area contributed by atoms with Crippen LogP contribution in [0.3, 0.4) is 0 Å². The molecule has 1 fully saturated rings. The summed E-state index contributed by atoms with van der Waals surface area (Å²) >= 11 is 2.41. The molecule has 0 atom stereocenters. The highest BCUT2D eigenvalue weighted by molar-refractivity contribution is 7.18. The van der Waals surface area contributed by atoms with Crippen LogP contribution in [0.2, 0.25) is 0 Å². The molecule has 14 heteroatoms. The average Bonchev–Trinajstić information content (AvgIpc) is 3.74. The molecule has 1 aliphatic rings. The summed E-state index contributed by atoms with van der Waals surface area (Å²) in [6.07, 6.45) is -0.266. The van der Waals surface area contributed by atoms with Crippen LogP contribution in [0.1, 0.15) is 40.2 Å². The first-order valence-corrected chi connectivity index (χ1v) is 16.5. The number of halogens is 3. The molecule has 238 valence electrons. The summed E-state index contributed by atoms with van der Waals surface area (Å²) in [5.41, 5.74) is 4.78. The number of thiazole rings is 1. The molecule has 0 aliphatic carbocycles. The van der Waals surface area contributed by atoms with E-state index in [9.17, 15) is 23.2 Å². The predicted molar refractivity (Wildman–Crippen MR) is 175 cm³/mol. The van der Waals surface area contributed by atoms with Gasteiger partial charge in [0.25, 0.3) is 0 Å². The molecule has 46 heavy (non-hydrogen) atoms. The molecule has 1 amide bonds. The summed E-state index contributed by atoms with van der Waals surface area (Å²) < 4.78 is 40.8. The highest BCUT2D eigenvalue weighted by atomic mass is 32.1. The van der Waals surface area contributed by atoms with Crippen molar-refractivity contribution >= 4 is 60.6 Å². The topological polar surface area (TPSA) is 112 Å². The maximum atomic E-state index is 12.9. The normalized spacial score (nSPS) is 14.5. The third kappa shape index (κ3) is 7.06.